The van der Waals surface area contributed by atoms with Gasteiger partial charge in [0.25, 0.3) is 0 Å². The molecular weight excluding hydrogens is 240 g/mol. The van der Waals surface area contributed by atoms with Gasteiger partial charge in [-0.25, -0.2) is 0 Å². The minimum Gasteiger partial charge on any atom is -0.493 e. The van der Waals surface area contributed by atoms with Crippen LogP contribution < -0.4 is 15.8 Å². The Labute approximate surface area is 115 Å². The van der Waals surface area contributed by atoms with Gasteiger partial charge in [-0.2, -0.15) is 0 Å². The normalized spacial score (nSPS) is 10.3. The van der Waals surface area contributed by atoms with E-state index in [9.17, 15) is 4.79 Å². The number of hydrogen-bond acceptors (Lipinski definition) is 3. The molecule has 4 heteroatoms. The van der Waals surface area contributed by atoms with Crippen LogP contribution in [-0.2, 0) is 11.3 Å². The number of carbonyl (C=O) groups excluding carboxylic acids is 1. The molecule has 0 saturated heterocycles. The molecule has 0 aliphatic carbocycles. The molecule has 0 bridgehead atoms. The lowest BCUT2D eigenvalue weighted by Gasteiger charge is -2.13. The van der Waals surface area contributed by atoms with E-state index in [4.69, 9.17) is 10.5 Å². The fraction of sp³-hybridized carbons (Fsp3) is 0.533. The Morgan fingerprint density at radius 3 is 2.84 bits per heavy atom. The average Bonchev–Trinajstić information content (AvgIpc) is 2.42. The number of benzene rings is 1. The molecule has 106 valence electrons. The quantitative estimate of drug-likeness (QED) is 0.707. The molecule has 19 heavy (non-hydrogen) atoms. The first-order valence-corrected chi connectivity index (χ1v) is 6.86. The first-order chi connectivity index (χ1) is 9.17. The van der Waals surface area contributed by atoms with Gasteiger partial charge in [0, 0.05) is 12.1 Å². The molecular formula is C15H24N2O2. The van der Waals surface area contributed by atoms with Crippen LogP contribution >= 0.6 is 0 Å². The number of carbonyl (C=O) groups is 1. The van der Waals surface area contributed by atoms with Crippen LogP contribution in [0.25, 0.3) is 0 Å². The second-order valence-electron chi connectivity index (χ2n) is 4.65. The molecule has 1 amide bonds. The molecule has 0 fully saturated rings. The van der Waals surface area contributed by atoms with Crippen LogP contribution in [0, 0.1) is 6.92 Å². The van der Waals surface area contributed by atoms with E-state index in [1.54, 1.807) is 0 Å². The number of aryl methyl sites for hydroxylation is 1. The van der Waals surface area contributed by atoms with Gasteiger partial charge in [0.1, 0.15) is 5.75 Å². The van der Waals surface area contributed by atoms with Gasteiger partial charge in [0.05, 0.1) is 13.2 Å². The predicted octanol–water partition coefficient (Wildman–Crippen LogP) is 2.14. The van der Waals surface area contributed by atoms with E-state index in [0.717, 1.165) is 29.9 Å². The highest BCUT2D eigenvalue weighted by molar-refractivity contribution is 5.77. The summed E-state index contributed by atoms with van der Waals surface area (Å²) in [6, 6.07) is 6.01. The zero-order chi connectivity index (χ0) is 14.1. The lowest BCUT2D eigenvalue weighted by Crippen LogP contribution is -2.29. The Balaban J connectivity index is 2.60. The molecule has 0 atom stereocenters. The summed E-state index contributed by atoms with van der Waals surface area (Å²) in [5.74, 6) is 0.700. The predicted molar refractivity (Wildman–Crippen MR) is 77.1 cm³/mol. The third-order valence-electron chi connectivity index (χ3n) is 2.89. The Morgan fingerprint density at radius 2 is 2.16 bits per heavy atom. The van der Waals surface area contributed by atoms with Gasteiger partial charge in [-0.1, -0.05) is 31.9 Å². The summed E-state index contributed by atoms with van der Waals surface area (Å²) >= 11 is 0. The number of hydrogen-bond donors (Lipinski definition) is 2. The van der Waals surface area contributed by atoms with Gasteiger partial charge >= 0.3 is 0 Å². The van der Waals surface area contributed by atoms with Crippen LogP contribution in [-0.4, -0.2) is 19.1 Å². The Kier molecular flexibility index (Phi) is 6.97. The minimum atomic E-state index is -0.155. The summed E-state index contributed by atoms with van der Waals surface area (Å²) in [7, 11) is 0. The van der Waals surface area contributed by atoms with Gasteiger partial charge in [-0.05, 0) is 25.0 Å². The molecule has 3 N–H and O–H groups in total. The SMILES string of the molecule is CCCCCOc1cc(C)ccc1CNC(=O)CN. The van der Waals surface area contributed by atoms with Crippen LogP contribution in [0.4, 0.5) is 0 Å². The molecule has 0 aliphatic rings. The molecule has 1 aromatic rings. The second kappa shape index (κ2) is 8.53. The number of rotatable bonds is 8. The number of unbranched alkanes of at least 4 members (excludes halogenated alkanes) is 2. The van der Waals surface area contributed by atoms with Crippen molar-refractivity contribution >= 4 is 5.91 Å². The van der Waals surface area contributed by atoms with E-state index in [2.05, 4.69) is 12.2 Å². The van der Waals surface area contributed by atoms with Gasteiger partial charge in [-0.3, -0.25) is 4.79 Å². The van der Waals surface area contributed by atoms with Gasteiger partial charge < -0.3 is 15.8 Å². The van der Waals surface area contributed by atoms with E-state index in [-0.39, 0.29) is 12.5 Å². The van der Waals surface area contributed by atoms with Crippen molar-refractivity contribution < 1.29 is 9.53 Å². The number of amides is 1. The van der Waals surface area contributed by atoms with Crippen molar-refractivity contribution in [3.05, 3.63) is 29.3 Å². The van der Waals surface area contributed by atoms with Gasteiger partial charge in [0.2, 0.25) is 5.91 Å². The number of nitrogens with two attached hydrogens (primary N) is 1. The fourth-order valence-electron chi connectivity index (χ4n) is 1.74. The molecule has 0 unspecified atom stereocenters. The van der Waals surface area contributed by atoms with E-state index in [1.807, 2.05) is 25.1 Å². The number of ether oxygens (including phenoxy) is 1. The van der Waals surface area contributed by atoms with Crippen LogP contribution in [0.3, 0.4) is 0 Å². The van der Waals surface area contributed by atoms with E-state index >= 15 is 0 Å². The summed E-state index contributed by atoms with van der Waals surface area (Å²) < 4.78 is 5.80. The third-order valence-corrected chi connectivity index (χ3v) is 2.89. The molecule has 1 aromatic carbocycles. The van der Waals surface area contributed by atoms with Crippen LogP contribution in [0.15, 0.2) is 18.2 Å². The van der Waals surface area contributed by atoms with Crippen LogP contribution in [0.1, 0.15) is 37.3 Å². The molecule has 0 heterocycles. The second-order valence-corrected chi connectivity index (χ2v) is 4.65. The van der Waals surface area contributed by atoms with E-state index < -0.39 is 0 Å². The molecule has 4 nitrogen and oxygen atoms in total. The van der Waals surface area contributed by atoms with Crippen LogP contribution in [0.2, 0.25) is 0 Å². The van der Waals surface area contributed by atoms with Crippen molar-refractivity contribution in [3.63, 3.8) is 0 Å². The largest absolute Gasteiger partial charge is 0.493 e. The first kappa shape index (κ1) is 15.5. The highest BCUT2D eigenvalue weighted by Crippen LogP contribution is 2.20. The zero-order valence-corrected chi connectivity index (χ0v) is 11.9. The topological polar surface area (TPSA) is 64.3 Å². The van der Waals surface area contributed by atoms with Crippen LogP contribution in [0.5, 0.6) is 5.75 Å². The first-order valence-electron chi connectivity index (χ1n) is 6.86. The Hall–Kier alpha value is -1.55. The zero-order valence-electron chi connectivity index (χ0n) is 11.9. The molecule has 0 radical (unpaired) electrons. The lowest BCUT2D eigenvalue weighted by atomic mass is 10.1. The maximum atomic E-state index is 11.2. The maximum Gasteiger partial charge on any atom is 0.234 e. The molecule has 0 saturated carbocycles. The fourth-order valence-corrected chi connectivity index (χ4v) is 1.74. The molecule has 1 rings (SSSR count). The highest BCUT2D eigenvalue weighted by Gasteiger charge is 2.06. The summed E-state index contributed by atoms with van der Waals surface area (Å²) in [6.45, 7) is 5.38. The number of nitrogens with one attached hydrogen (secondary N) is 1. The summed E-state index contributed by atoms with van der Waals surface area (Å²) in [5.41, 5.74) is 7.41. The monoisotopic (exact) mass is 264 g/mol. The average molecular weight is 264 g/mol. The third kappa shape index (κ3) is 5.75. The maximum absolute atomic E-state index is 11.2. The standard InChI is InChI=1S/C15H24N2O2/c1-3-4-5-8-19-14-9-12(2)6-7-13(14)11-17-15(18)10-16/h6-7,9H,3-5,8,10-11,16H2,1-2H3,(H,17,18). The molecule has 0 spiro atoms. The van der Waals surface area contributed by atoms with Crippen molar-refractivity contribution in [1.82, 2.24) is 5.32 Å². The molecule has 0 aliphatic heterocycles. The van der Waals surface area contributed by atoms with Gasteiger partial charge in [0.15, 0.2) is 0 Å². The smallest absolute Gasteiger partial charge is 0.234 e. The van der Waals surface area contributed by atoms with E-state index in [1.165, 1.54) is 12.8 Å². The van der Waals surface area contributed by atoms with Crippen molar-refractivity contribution in [2.45, 2.75) is 39.7 Å². The van der Waals surface area contributed by atoms with E-state index in [0.29, 0.717) is 6.54 Å². The van der Waals surface area contributed by atoms with Crippen molar-refractivity contribution in [2.75, 3.05) is 13.2 Å². The van der Waals surface area contributed by atoms with Crippen molar-refractivity contribution in [3.8, 4) is 5.75 Å². The van der Waals surface area contributed by atoms with Crippen molar-refractivity contribution in [1.29, 1.82) is 0 Å². The highest BCUT2D eigenvalue weighted by atomic mass is 16.5. The lowest BCUT2D eigenvalue weighted by molar-refractivity contribution is -0.119. The summed E-state index contributed by atoms with van der Waals surface area (Å²) in [6.07, 6.45) is 3.40. The van der Waals surface area contributed by atoms with Crippen molar-refractivity contribution in [2.24, 2.45) is 5.73 Å². The summed E-state index contributed by atoms with van der Waals surface area (Å²) in [5, 5.41) is 2.77. The Morgan fingerprint density at radius 1 is 1.37 bits per heavy atom. The summed E-state index contributed by atoms with van der Waals surface area (Å²) in [4.78, 5) is 11.2. The van der Waals surface area contributed by atoms with Gasteiger partial charge in [-0.15, -0.1) is 0 Å². The molecule has 0 aromatic heterocycles. The minimum absolute atomic E-state index is 0.0125. The Bertz CT molecular complexity index is 405.